The molecular formula is C77H142O6. The number of carbonyl (C=O) groups is 3. The Morgan fingerprint density at radius 1 is 0.253 bits per heavy atom. The molecule has 0 aromatic rings. The van der Waals surface area contributed by atoms with Gasteiger partial charge in [0.1, 0.15) is 13.2 Å². The molecule has 1 atom stereocenters. The van der Waals surface area contributed by atoms with E-state index in [-0.39, 0.29) is 31.1 Å². The van der Waals surface area contributed by atoms with Crippen molar-refractivity contribution in [1.82, 2.24) is 0 Å². The summed E-state index contributed by atoms with van der Waals surface area (Å²) < 4.78 is 17.0. The predicted molar refractivity (Wildman–Crippen MR) is 362 cm³/mol. The van der Waals surface area contributed by atoms with Crippen LogP contribution in [0.3, 0.4) is 0 Å². The van der Waals surface area contributed by atoms with E-state index in [0.29, 0.717) is 19.3 Å². The zero-order valence-corrected chi connectivity index (χ0v) is 56.0. The van der Waals surface area contributed by atoms with Gasteiger partial charge in [0.25, 0.3) is 0 Å². The third kappa shape index (κ3) is 70.0. The maximum absolute atomic E-state index is 13.0. The number of carbonyl (C=O) groups excluding carboxylic acids is 3. The van der Waals surface area contributed by atoms with Crippen LogP contribution in [0.5, 0.6) is 0 Å². The summed E-state index contributed by atoms with van der Waals surface area (Å²) in [6.45, 7) is 6.59. The van der Waals surface area contributed by atoms with Gasteiger partial charge in [-0.25, -0.2) is 0 Å². The van der Waals surface area contributed by atoms with Crippen LogP contribution in [0.4, 0.5) is 0 Å². The molecule has 6 heteroatoms. The molecule has 0 bridgehead atoms. The topological polar surface area (TPSA) is 78.9 Å². The van der Waals surface area contributed by atoms with Crippen molar-refractivity contribution in [3.63, 3.8) is 0 Å². The van der Waals surface area contributed by atoms with Gasteiger partial charge in [-0.1, -0.05) is 358 Å². The van der Waals surface area contributed by atoms with E-state index in [0.717, 1.165) is 96.3 Å². The summed E-state index contributed by atoms with van der Waals surface area (Å²) in [5, 5.41) is 0. The van der Waals surface area contributed by atoms with Gasteiger partial charge >= 0.3 is 17.9 Å². The lowest BCUT2D eigenvalue weighted by Crippen LogP contribution is -2.30. The fourth-order valence-corrected chi connectivity index (χ4v) is 11.3. The van der Waals surface area contributed by atoms with Crippen molar-refractivity contribution in [3.8, 4) is 0 Å². The van der Waals surface area contributed by atoms with Gasteiger partial charge in [-0.2, -0.15) is 0 Å². The predicted octanol–water partition coefficient (Wildman–Crippen LogP) is 25.7. The largest absolute Gasteiger partial charge is 0.462 e. The van der Waals surface area contributed by atoms with Crippen LogP contribution in [0.15, 0.2) is 48.6 Å². The molecule has 83 heavy (non-hydrogen) atoms. The Labute approximate surface area is 518 Å². The molecule has 1 unspecified atom stereocenters. The monoisotopic (exact) mass is 1160 g/mol. The Morgan fingerprint density at radius 3 is 0.747 bits per heavy atom. The second-order valence-corrected chi connectivity index (χ2v) is 25.2. The minimum Gasteiger partial charge on any atom is -0.462 e. The first-order valence-corrected chi connectivity index (χ1v) is 37.1. The Kier molecular flexibility index (Phi) is 69.6. The summed E-state index contributed by atoms with van der Waals surface area (Å²) >= 11 is 0. The summed E-state index contributed by atoms with van der Waals surface area (Å²) in [7, 11) is 0. The molecule has 0 aliphatic rings. The van der Waals surface area contributed by atoms with Crippen LogP contribution in [0.25, 0.3) is 0 Å². The number of hydrogen-bond donors (Lipinski definition) is 0. The van der Waals surface area contributed by atoms with Gasteiger partial charge in [-0.3, -0.25) is 14.4 Å². The lowest BCUT2D eigenvalue weighted by atomic mass is 10.0. The molecule has 0 aliphatic carbocycles. The zero-order valence-electron chi connectivity index (χ0n) is 56.0. The first-order chi connectivity index (χ1) is 41.0. The van der Waals surface area contributed by atoms with E-state index in [1.807, 2.05) is 0 Å². The molecule has 0 spiro atoms. The Morgan fingerprint density at radius 2 is 0.470 bits per heavy atom. The molecule has 6 nitrogen and oxygen atoms in total. The molecule has 0 aliphatic heterocycles. The highest BCUT2D eigenvalue weighted by Gasteiger charge is 2.19. The van der Waals surface area contributed by atoms with E-state index >= 15 is 0 Å². The van der Waals surface area contributed by atoms with Crippen molar-refractivity contribution in [2.45, 2.75) is 412 Å². The van der Waals surface area contributed by atoms with Gasteiger partial charge < -0.3 is 14.2 Å². The van der Waals surface area contributed by atoms with Gasteiger partial charge in [-0.15, -0.1) is 0 Å². The van der Waals surface area contributed by atoms with Crippen LogP contribution in [-0.4, -0.2) is 37.2 Å². The van der Waals surface area contributed by atoms with Crippen molar-refractivity contribution in [2.24, 2.45) is 0 Å². The lowest BCUT2D eigenvalue weighted by molar-refractivity contribution is -0.167. The summed E-state index contributed by atoms with van der Waals surface area (Å²) in [5.41, 5.74) is 0. The summed E-state index contributed by atoms with van der Waals surface area (Å²) in [6, 6.07) is 0. The van der Waals surface area contributed by atoms with Crippen LogP contribution in [-0.2, 0) is 28.6 Å². The van der Waals surface area contributed by atoms with Crippen LogP contribution >= 0.6 is 0 Å². The first kappa shape index (κ1) is 80.4. The average Bonchev–Trinajstić information content (AvgIpc) is 3.49. The highest BCUT2D eigenvalue weighted by Crippen LogP contribution is 2.19. The SMILES string of the molecule is CC/C=C\C/C=C\C/C=C\CCCCCCCC(=O)OCC(COC(=O)CCCCCCCCCCCCCCCCCCCCCCCCCCCCCCC)OC(=O)CCCCCCCCCCC/C=C\CCCCCCCCCC. The Bertz CT molecular complexity index is 1430. The first-order valence-electron chi connectivity index (χ1n) is 37.1. The fraction of sp³-hybridized carbons (Fsp3) is 0.857. The Hall–Kier alpha value is -2.63. The second kappa shape index (κ2) is 71.8. The number of unbranched alkanes of at least 4 members (excludes halogenated alkanes) is 50. The molecule has 0 rings (SSSR count). The highest BCUT2D eigenvalue weighted by molar-refractivity contribution is 5.71. The number of ether oxygens (including phenoxy) is 3. The molecule has 0 aromatic heterocycles. The number of allylic oxidation sites excluding steroid dienone is 8. The van der Waals surface area contributed by atoms with Gasteiger partial charge in [-0.05, 0) is 77.0 Å². The fourth-order valence-electron chi connectivity index (χ4n) is 11.3. The maximum atomic E-state index is 13.0. The molecule has 0 saturated heterocycles. The third-order valence-corrected chi connectivity index (χ3v) is 16.8. The van der Waals surface area contributed by atoms with Crippen LogP contribution < -0.4 is 0 Å². The molecular weight excluding hydrogens is 1020 g/mol. The molecule has 0 radical (unpaired) electrons. The molecule has 0 aromatic carbocycles. The minimum atomic E-state index is -0.782. The lowest BCUT2D eigenvalue weighted by Gasteiger charge is -2.18. The van der Waals surface area contributed by atoms with Gasteiger partial charge in [0.15, 0.2) is 6.10 Å². The number of hydrogen-bond acceptors (Lipinski definition) is 6. The maximum Gasteiger partial charge on any atom is 0.306 e. The van der Waals surface area contributed by atoms with Gasteiger partial charge in [0, 0.05) is 19.3 Å². The molecule has 0 saturated carbocycles. The van der Waals surface area contributed by atoms with E-state index in [1.165, 1.54) is 270 Å². The molecule has 0 N–H and O–H groups in total. The van der Waals surface area contributed by atoms with Gasteiger partial charge in [0.05, 0.1) is 0 Å². The number of rotatable bonds is 69. The average molecular weight is 1160 g/mol. The Balaban J connectivity index is 4.22. The number of esters is 3. The van der Waals surface area contributed by atoms with E-state index in [4.69, 9.17) is 14.2 Å². The van der Waals surface area contributed by atoms with E-state index in [9.17, 15) is 14.4 Å². The zero-order chi connectivity index (χ0) is 59.9. The van der Waals surface area contributed by atoms with Crippen molar-refractivity contribution < 1.29 is 28.6 Å². The van der Waals surface area contributed by atoms with E-state index < -0.39 is 6.10 Å². The molecule has 486 valence electrons. The van der Waals surface area contributed by atoms with Gasteiger partial charge in [0.2, 0.25) is 0 Å². The van der Waals surface area contributed by atoms with Crippen molar-refractivity contribution in [2.75, 3.05) is 13.2 Å². The van der Waals surface area contributed by atoms with Crippen molar-refractivity contribution >= 4 is 17.9 Å². The quantitative estimate of drug-likeness (QED) is 0.0261. The molecule has 0 amide bonds. The van der Waals surface area contributed by atoms with E-state index in [1.54, 1.807) is 0 Å². The normalized spacial score (nSPS) is 12.3. The van der Waals surface area contributed by atoms with Crippen LogP contribution in [0.1, 0.15) is 406 Å². The van der Waals surface area contributed by atoms with Crippen LogP contribution in [0.2, 0.25) is 0 Å². The van der Waals surface area contributed by atoms with Crippen molar-refractivity contribution in [3.05, 3.63) is 48.6 Å². The molecule has 0 heterocycles. The standard InChI is InChI=1S/C77H142O6/c1-4-7-10-13-16-19-22-25-28-30-32-34-35-36-37-38-39-40-41-43-44-46-49-52-55-58-61-64-67-70-76(79)82-73-74(72-81-75(78)69-66-63-60-57-54-51-48-27-24-21-18-15-12-9-6-3)83-77(80)71-68-65-62-59-56-53-50-47-45-42-33-31-29-26-23-20-17-14-11-8-5-2/h9,12,18,21,27,31,33,48,74H,4-8,10-11,13-17,19-20,22-26,28-30,32,34-47,49-73H2,1-3H3/b12-9-,21-18-,33-31-,48-27-. The second-order valence-electron chi connectivity index (χ2n) is 25.2. The summed E-state index contributed by atoms with van der Waals surface area (Å²) in [4.78, 5) is 38.5. The van der Waals surface area contributed by atoms with E-state index in [2.05, 4.69) is 69.4 Å². The minimum absolute atomic E-state index is 0.0753. The highest BCUT2D eigenvalue weighted by atomic mass is 16.6. The molecule has 0 fully saturated rings. The van der Waals surface area contributed by atoms with Crippen molar-refractivity contribution in [1.29, 1.82) is 0 Å². The summed E-state index contributed by atoms with van der Waals surface area (Å²) in [5.74, 6) is -0.867. The third-order valence-electron chi connectivity index (χ3n) is 16.8. The smallest absolute Gasteiger partial charge is 0.306 e. The summed E-state index contributed by atoms with van der Waals surface area (Å²) in [6.07, 6.45) is 91.6. The van der Waals surface area contributed by atoms with Crippen LogP contribution in [0, 0.1) is 0 Å².